The van der Waals surface area contributed by atoms with Crippen molar-refractivity contribution in [2.75, 3.05) is 130 Å². The molecule has 628 valence electrons. The van der Waals surface area contributed by atoms with Gasteiger partial charge in [0.2, 0.25) is 0 Å². The highest BCUT2D eigenvalue weighted by Crippen LogP contribution is 2.48. The minimum Gasteiger partial charge on any atom is -0.381 e. The fourth-order valence-corrected chi connectivity index (χ4v) is 15.7. The van der Waals surface area contributed by atoms with Gasteiger partial charge in [0.1, 0.15) is 0 Å². The van der Waals surface area contributed by atoms with Gasteiger partial charge in [-0.15, -0.1) is 0 Å². The van der Waals surface area contributed by atoms with Gasteiger partial charge in [-0.05, 0) is 174 Å². The summed E-state index contributed by atoms with van der Waals surface area (Å²) in [6.45, 7) is 27.9. The van der Waals surface area contributed by atoms with Crippen LogP contribution in [0.4, 0.5) is 0 Å². The lowest BCUT2D eigenvalue weighted by atomic mass is 9.94. The standard InChI is InChI=1S/2C17H29O4P.2C14H19NO.2C13H21O4P/c2*1-4-16(17-10-8-7-9-11-17)12-13-19-14-15-22(18,20-5-2)21-6-3;2*1-2-13(9-12-16-11-6-10-15)14-7-4-3-5-8-14;2*1-2-12(13-6-4-3-5-7-13)8-9-17-10-11-18(14,15)16/h2*7-11,16H,4-6,12-15H2,1-3H3;2*3-5,7-8,13H,2,6,9,11-12H2,1H3;2*3-7,12H,2,8-11H2,1H3,(H2,14,15,16). The Labute approximate surface area is 674 Å². The third-order valence-electron chi connectivity index (χ3n) is 18.3. The van der Waals surface area contributed by atoms with Crippen LogP contribution in [0.5, 0.6) is 0 Å². The van der Waals surface area contributed by atoms with Gasteiger partial charge in [-0.25, -0.2) is 0 Å². The molecule has 0 amide bonds. The van der Waals surface area contributed by atoms with Crippen molar-refractivity contribution >= 4 is 30.4 Å². The molecule has 0 aromatic heterocycles. The van der Waals surface area contributed by atoms with Crippen molar-refractivity contribution in [1.29, 1.82) is 10.5 Å². The van der Waals surface area contributed by atoms with Gasteiger partial charge in [0, 0.05) is 39.6 Å². The highest BCUT2D eigenvalue weighted by Gasteiger charge is 2.25. The zero-order chi connectivity index (χ0) is 82.7. The molecule has 6 unspecified atom stereocenters. The van der Waals surface area contributed by atoms with E-state index in [1.54, 1.807) is 0 Å². The van der Waals surface area contributed by atoms with Crippen molar-refractivity contribution in [3.8, 4) is 12.1 Å². The third-order valence-corrected chi connectivity index (χ3v) is 23.9. The number of rotatable bonds is 54. The van der Waals surface area contributed by atoms with E-state index in [4.69, 9.17) is 76.6 Å². The second kappa shape index (κ2) is 67.8. The number of benzene rings is 6. The van der Waals surface area contributed by atoms with E-state index in [1.807, 2.05) is 88.4 Å². The number of nitrogens with zero attached hydrogens (tertiary/aromatic N) is 2. The summed E-state index contributed by atoms with van der Waals surface area (Å²) >= 11 is 0. The summed E-state index contributed by atoms with van der Waals surface area (Å²) in [6.07, 6.45) is 13.5. The molecule has 20 nitrogen and oxygen atoms in total. The fraction of sp³-hybridized carbons (Fsp3) is 0.568. The molecule has 0 aliphatic heterocycles. The van der Waals surface area contributed by atoms with Crippen molar-refractivity contribution in [3.05, 3.63) is 215 Å². The molecule has 6 aromatic carbocycles. The Bertz CT molecular complexity index is 3180. The van der Waals surface area contributed by atoms with Crippen molar-refractivity contribution in [2.24, 2.45) is 0 Å². The van der Waals surface area contributed by atoms with Crippen LogP contribution in [-0.2, 0) is 64.8 Å². The highest BCUT2D eigenvalue weighted by molar-refractivity contribution is 7.54. The monoisotopic (exact) mass is 1630 g/mol. The molecule has 6 aromatic rings. The van der Waals surface area contributed by atoms with Gasteiger partial charge in [0.15, 0.2) is 0 Å². The van der Waals surface area contributed by atoms with Crippen molar-refractivity contribution in [2.45, 2.75) is 195 Å². The van der Waals surface area contributed by atoms with Crippen LogP contribution in [0.25, 0.3) is 0 Å². The summed E-state index contributed by atoms with van der Waals surface area (Å²) in [7, 11) is -13.8. The Hall–Kier alpha value is -5.34. The molecule has 0 bridgehead atoms. The van der Waals surface area contributed by atoms with E-state index in [9.17, 15) is 18.3 Å². The van der Waals surface area contributed by atoms with E-state index in [-0.39, 0.29) is 25.5 Å². The van der Waals surface area contributed by atoms with Gasteiger partial charge in [-0.2, -0.15) is 10.5 Å². The summed E-state index contributed by atoms with van der Waals surface area (Å²) in [5, 5.41) is 16.7. The van der Waals surface area contributed by atoms with E-state index in [2.05, 4.69) is 175 Å². The molecule has 4 N–H and O–H groups in total. The lowest BCUT2D eigenvalue weighted by molar-refractivity contribution is 0.131. The molecule has 0 fully saturated rings. The van der Waals surface area contributed by atoms with Gasteiger partial charge >= 0.3 is 30.4 Å². The molecule has 0 saturated carbocycles. The highest BCUT2D eigenvalue weighted by atomic mass is 31.2. The Morgan fingerprint density at radius 2 is 0.438 bits per heavy atom. The first-order valence-electron chi connectivity index (χ1n) is 40.5. The quantitative estimate of drug-likeness (QED) is 0.0204. The predicted octanol–water partition coefficient (Wildman–Crippen LogP) is 22.2. The molecule has 0 heterocycles. The van der Waals surface area contributed by atoms with E-state index >= 15 is 0 Å². The lowest BCUT2D eigenvalue weighted by Crippen LogP contribution is -2.09. The van der Waals surface area contributed by atoms with Crippen LogP contribution >= 0.6 is 30.4 Å². The first-order valence-corrected chi connectivity index (χ1v) is 47.5. The van der Waals surface area contributed by atoms with Gasteiger partial charge < -0.3 is 66.1 Å². The Morgan fingerprint density at radius 3 is 0.589 bits per heavy atom. The van der Waals surface area contributed by atoms with Crippen LogP contribution in [-0.4, -0.2) is 150 Å². The van der Waals surface area contributed by atoms with Crippen molar-refractivity contribution in [1.82, 2.24) is 0 Å². The molecule has 6 rings (SSSR count). The summed E-state index contributed by atoms with van der Waals surface area (Å²) < 4.78 is 99.4. The van der Waals surface area contributed by atoms with Crippen LogP contribution < -0.4 is 0 Å². The molecule has 6 atom stereocenters. The first kappa shape index (κ1) is 105. The normalized spacial score (nSPS) is 13.0. The first-order chi connectivity index (χ1) is 54.1. The largest absolute Gasteiger partial charge is 0.381 e. The molecule has 0 radical (unpaired) electrons. The maximum absolute atomic E-state index is 12.3. The number of hydrogen-bond donors (Lipinski definition) is 4. The maximum atomic E-state index is 12.3. The van der Waals surface area contributed by atoms with Crippen molar-refractivity contribution in [3.63, 3.8) is 0 Å². The maximum Gasteiger partial charge on any atom is 0.332 e. The lowest BCUT2D eigenvalue weighted by Gasteiger charge is -2.18. The van der Waals surface area contributed by atoms with Gasteiger partial charge in [0.25, 0.3) is 0 Å². The van der Waals surface area contributed by atoms with Gasteiger partial charge in [0.05, 0.1) is 116 Å². The predicted molar refractivity (Wildman–Crippen MR) is 455 cm³/mol. The second-order valence-corrected chi connectivity index (χ2v) is 34.4. The molecule has 24 heteroatoms. The Morgan fingerprint density at radius 1 is 0.268 bits per heavy atom. The summed E-state index contributed by atoms with van der Waals surface area (Å²) in [5.41, 5.74) is 8.05. The molecule has 0 spiro atoms. The van der Waals surface area contributed by atoms with E-state index in [0.29, 0.717) is 140 Å². The summed E-state index contributed by atoms with van der Waals surface area (Å²) in [4.78, 5) is 34.7. The van der Waals surface area contributed by atoms with Crippen LogP contribution in [0, 0.1) is 22.7 Å². The van der Waals surface area contributed by atoms with Crippen LogP contribution in [0.2, 0.25) is 0 Å². The zero-order valence-corrected chi connectivity index (χ0v) is 72.6. The van der Waals surface area contributed by atoms with Gasteiger partial charge in [-0.1, -0.05) is 224 Å². The minimum atomic E-state index is -3.92. The van der Waals surface area contributed by atoms with Crippen LogP contribution in [0.1, 0.15) is 228 Å². The second-order valence-electron chi connectivity index (χ2n) is 26.4. The molecule has 112 heavy (non-hydrogen) atoms. The number of hydrogen-bond acceptors (Lipinski definition) is 16. The van der Waals surface area contributed by atoms with E-state index in [1.165, 1.54) is 33.4 Å². The third kappa shape index (κ3) is 53.7. The SMILES string of the molecule is CCC(CCOCCC#N)c1ccccc1.CCC(CCOCCC#N)c1ccccc1.CCC(CCOCCP(=O)(O)O)c1ccccc1.CCC(CCOCCP(=O)(O)O)c1ccccc1.CCOP(=O)(CCOCCC(CC)c1ccccc1)OCC.CCOP(=O)(CCOCCC(CC)c1ccccc1)OCC. The molecule has 0 aliphatic rings. The van der Waals surface area contributed by atoms with Crippen molar-refractivity contribution < 1.29 is 84.4 Å². The smallest absolute Gasteiger partial charge is 0.332 e. The van der Waals surface area contributed by atoms with Crippen LogP contribution in [0.15, 0.2) is 182 Å². The minimum absolute atomic E-state index is 0.121. The molecular formula is C88H138N2O18P4. The molecule has 0 aliphatic carbocycles. The fourth-order valence-electron chi connectivity index (χ4n) is 12.0. The average molecular weight is 1640 g/mol. The van der Waals surface area contributed by atoms with Gasteiger partial charge in [-0.3, -0.25) is 18.3 Å². The summed E-state index contributed by atoms with van der Waals surface area (Å²) in [6, 6.07) is 66.7. The summed E-state index contributed by atoms with van der Waals surface area (Å²) in [5.74, 6) is 3.05. The van der Waals surface area contributed by atoms with E-state index < -0.39 is 30.4 Å². The Kier molecular flexibility index (Phi) is 63.4. The topological polar surface area (TPSA) is 289 Å². The zero-order valence-electron chi connectivity index (χ0n) is 69.0. The average Bonchev–Trinajstić information content (AvgIpc) is 0.866. The molecule has 0 saturated heterocycles. The Balaban J connectivity index is 0.000000675. The van der Waals surface area contributed by atoms with E-state index in [0.717, 1.165) is 90.3 Å². The van der Waals surface area contributed by atoms with Crippen LogP contribution in [0.3, 0.4) is 0 Å². The molecular weight excluding hydrogens is 1500 g/mol. The number of ether oxygens (including phenoxy) is 6. The number of nitriles is 2.